The van der Waals surface area contributed by atoms with E-state index in [-0.39, 0.29) is 11.6 Å². The molecule has 0 N–H and O–H groups in total. The van der Waals surface area contributed by atoms with Crippen molar-refractivity contribution in [3.8, 4) is 11.5 Å². The zero-order valence-electron chi connectivity index (χ0n) is 14.1. The van der Waals surface area contributed by atoms with Crippen molar-refractivity contribution in [3.63, 3.8) is 0 Å². The fourth-order valence-electron chi connectivity index (χ4n) is 2.74. The molecule has 0 saturated carbocycles. The molecule has 3 rings (SSSR count). The van der Waals surface area contributed by atoms with Gasteiger partial charge < -0.3 is 9.47 Å². The van der Waals surface area contributed by atoms with Gasteiger partial charge in [-0.05, 0) is 55.0 Å². The Morgan fingerprint density at radius 2 is 1.04 bits per heavy atom. The van der Waals surface area contributed by atoms with Gasteiger partial charge in [0.05, 0.1) is 14.2 Å². The number of methoxy groups -OCH3 is 2. The molecule has 4 nitrogen and oxygen atoms in total. The summed E-state index contributed by atoms with van der Waals surface area (Å²) in [4.78, 5) is 25.5. The molecule has 0 spiro atoms. The Kier molecular flexibility index (Phi) is 4.80. The van der Waals surface area contributed by atoms with E-state index in [2.05, 4.69) is 0 Å². The maximum Gasteiger partial charge on any atom is 0.193 e. The van der Waals surface area contributed by atoms with Crippen molar-refractivity contribution in [1.82, 2.24) is 0 Å². The first-order valence-electron chi connectivity index (χ1n) is 7.92. The number of Topliss-reactive ketones (excluding diaryl/α,β-unsaturated/α-hetero) is 2. The van der Waals surface area contributed by atoms with Crippen LogP contribution in [0.15, 0.2) is 71.8 Å². The van der Waals surface area contributed by atoms with Gasteiger partial charge in [-0.2, -0.15) is 0 Å². The standard InChI is InChI=1S/C21H18O4/c1-24-16-10-6-14(7-11-16)20(22)18-4-3-5-19(18)21(23)15-8-12-17(25-2)13-9-15/h4-13H,3H2,1-2H3. The van der Waals surface area contributed by atoms with Gasteiger partial charge in [0.25, 0.3) is 0 Å². The number of carbonyl (C=O) groups is 2. The van der Waals surface area contributed by atoms with E-state index in [1.807, 2.05) is 0 Å². The molecule has 0 aromatic heterocycles. The quantitative estimate of drug-likeness (QED) is 0.749. The maximum atomic E-state index is 12.8. The van der Waals surface area contributed by atoms with E-state index in [1.54, 1.807) is 74.9 Å². The van der Waals surface area contributed by atoms with Gasteiger partial charge in [0.1, 0.15) is 11.5 Å². The highest BCUT2D eigenvalue weighted by Crippen LogP contribution is 2.27. The maximum absolute atomic E-state index is 12.8. The van der Waals surface area contributed by atoms with Gasteiger partial charge in [-0.1, -0.05) is 12.2 Å². The minimum absolute atomic E-state index is 0.159. The highest BCUT2D eigenvalue weighted by Gasteiger charge is 2.25. The number of carbonyl (C=O) groups excluding carboxylic acids is 2. The summed E-state index contributed by atoms with van der Waals surface area (Å²) >= 11 is 0. The predicted molar refractivity (Wildman–Crippen MR) is 95.4 cm³/mol. The second-order valence-electron chi connectivity index (χ2n) is 5.59. The fraction of sp³-hybridized carbons (Fsp3) is 0.143. The third-order valence-corrected chi connectivity index (χ3v) is 4.13. The van der Waals surface area contributed by atoms with E-state index in [0.717, 1.165) is 0 Å². The van der Waals surface area contributed by atoms with Crippen molar-refractivity contribution in [2.45, 2.75) is 6.42 Å². The number of hydrogen-bond acceptors (Lipinski definition) is 4. The number of benzene rings is 2. The smallest absolute Gasteiger partial charge is 0.193 e. The third kappa shape index (κ3) is 3.38. The second-order valence-corrected chi connectivity index (χ2v) is 5.59. The molecule has 2 aromatic rings. The first-order chi connectivity index (χ1) is 12.1. The largest absolute Gasteiger partial charge is 0.497 e. The Morgan fingerprint density at radius 3 is 1.36 bits per heavy atom. The van der Waals surface area contributed by atoms with Crippen LogP contribution in [0.25, 0.3) is 0 Å². The second kappa shape index (κ2) is 7.18. The van der Waals surface area contributed by atoms with Crippen molar-refractivity contribution in [1.29, 1.82) is 0 Å². The minimum Gasteiger partial charge on any atom is -0.497 e. The number of ether oxygens (including phenoxy) is 2. The van der Waals surface area contributed by atoms with E-state index in [0.29, 0.717) is 40.2 Å². The van der Waals surface area contributed by atoms with Gasteiger partial charge in [0, 0.05) is 22.3 Å². The van der Waals surface area contributed by atoms with E-state index in [1.165, 1.54) is 0 Å². The highest BCUT2D eigenvalue weighted by atomic mass is 16.5. The molecule has 126 valence electrons. The Balaban J connectivity index is 1.83. The number of allylic oxidation sites excluding steroid dienone is 4. The van der Waals surface area contributed by atoms with Gasteiger partial charge in [0.15, 0.2) is 11.6 Å². The first kappa shape index (κ1) is 16.7. The van der Waals surface area contributed by atoms with Crippen molar-refractivity contribution in [2.75, 3.05) is 14.2 Å². The van der Waals surface area contributed by atoms with E-state index in [4.69, 9.17) is 9.47 Å². The van der Waals surface area contributed by atoms with Crippen LogP contribution < -0.4 is 9.47 Å². The van der Waals surface area contributed by atoms with Crippen LogP contribution in [0.1, 0.15) is 27.1 Å². The summed E-state index contributed by atoms with van der Waals surface area (Å²) in [5.41, 5.74) is 1.96. The number of rotatable bonds is 6. The summed E-state index contributed by atoms with van der Waals surface area (Å²) < 4.78 is 10.2. The molecular formula is C21H18O4. The zero-order valence-corrected chi connectivity index (χ0v) is 14.1. The Labute approximate surface area is 146 Å². The zero-order chi connectivity index (χ0) is 17.8. The van der Waals surface area contributed by atoms with Crippen LogP contribution in [0, 0.1) is 0 Å². The van der Waals surface area contributed by atoms with Crippen molar-refractivity contribution >= 4 is 11.6 Å². The molecule has 0 unspecified atom stereocenters. The molecule has 0 bridgehead atoms. The molecule has 0 amide bonds. The molecule has 0 saturated heterocycles. The summed E-state index contributed by atoms with van der Waals surface area (Å²) in [6, 6.07) is 13.8. The average Bonchev–Trinajstić information content (AvgIpc) is 3.16. The Bertz CT molecular complexity index is 782. The highest BCUT2D eigenvalue weighted by molar-refractivity contribution is 6.23. The van der Waals surface area contributed by atoms with E-state index >= 15 is 0 Å². The summed E-state index contributed by atoms with van der Waals surface area (Å²) in [6.07, 6.45) is 4.17. The lowest BCUT2D eigenvalue weighted by Crippen LogP contribution is -2.11. The molecule has 25 heavy (non-hydrogen) atoms. The monoisotopic (exact) mass is 334 g/mol. The Morgan fingerprint density at radius 1 is 0.680 bits per heavy atom. The van der Waals surface area contributed by atoms with Gasteiger partial charge in [-0.25, -0.2) is 0 Å². The lowest BCUT2D eigenvalue weighted by molar-refractivity contribution is 0.0998. The van der Waals surface area contributed by atoms with Gasteiger partial charge >= 0.3 is 0 Å². The van der Waals surface area contributed by atoms with E-state index < -0.39 is 0 Å². The normalized spacial score (nSPS) is 13.0. The van der Waals surface area contributed by atoms with Crippen LogP contribution in [0.3, 0.4) is 0 Å². The van der Waals surface area contributed by atoms with Crippen molar-refractivity contribution in [2.24, 2.45) is 0 Å². The van der Waals surface area contributed by atoms with Crippen LogP contribution in [0.5, 0.6) is 11.5 Å². The SMILES string of the molecule is COc1ccc(C(=O)C2=CCC=C2C(=O)c2ccc(OC)cc2)cc1. The van der Waals surface area contributed by atoms with Crippen molar-refractivity contribution < 1.29 is 19.1 Å². The van der Waals surface area contributed by atoms with E-state index in [9.17, 15) is 9.59 Å². The summed E-state index contributed by atoms with van der Waals surface area (Å²) in [5.74, 6) is 1.05. The molecule has 0 aliphatic heterocycles. The van der Waals surface area contributed by atoms with Gasteiger partial charge in [0.2, 0.25) is 0 Å². The van der Waals surface area contributed by atoms with Crippen LogP contribution >= 0.6 is 0 Å². The first-order valence-corrected chi connectivity index (χ1v) is 7.92. The lowest BCUT2D eigenvalue weighted by atomic mass is 9.93. The number of hydrogen-bond donors (Lipinski definition) is 0. The lowest BCUT2D eigenvalue weighted by Gasteiger charge is -2.09. The molecular weight excluding hydrogens is 316 g/mol. The molecule has 4 heteroatoms. The summed E-state index contributed by atoms with van der Waals surface area (Å²) in [7, 11) is 3.15. The van der Waals surface area contributed by atoms with Gasteiger partial charge in [-0.15, -0.1) is 0 Å². The van der Waals surface area contributed by atoms with Crippen LogP contribution in [-0.4, -0.2) is 25.8 Å². The van der Waals surface area contributed by atoms with Crippen LogP contribution in [0.4, 0.5) is 0 Å². The third-order valence-electron chi connectivity index (χ3n) is 4.13. The topological polar surface area (TPSA) is 52.6 Å². The summed E-state index contributed by atoms with van der Waals surface area (Å²) in [5, 5.41) is 0. The fourth-order valence-corrected chi connectivity index (χ4v) is 2.74. The van der Waals surface area contributed by atoms with Crippen LogP contribution in [0.2, 0.25) is 0 Å². The number of ketones is 2. The molecule has 0 heterocycles. The predicted octanol–water partition coefficient (Wildman–Crippen LogP) is 4.03. The van der Waals surface area contributed by atoms with Gasteiger partial charge in [-0.3, -0.25) is 9.59 Å². The molecule has 2 aromatic carbocycles. The van der Waals surface area contributed by atoms with Crippen molar-refractivity contribution in [3.05, 3.63) is 83.0 Å². The average molecular weight is 334 g/mol. The molecule has 1 aliphatic carbocycles. The molecule has 0 atom stereocenters. The minimum atomic E-state index is -0.159. The molecule has 0 fully saturated rings. The molecule has 1 aliphatic rings. The Hall–Kier alpha value is -3.14. The molecule has 0 radical (unpaired) electrons. The summed E-state index contributed by atoms with van der Waals surface area (Å²) in [6.45, 7) is 0. The van der Waals surface area contributed by atoms with Crippen LogP contribution in [-0.2, 0) is 0 Å².